The molecule has 1 fully saturated rings. The second-order valence-corrected chi connectivity index (χ2v) is 6.55. The first-order chi connectivity index (χ1) is 8.43. The van der Waals surface area contributed by atoms with Crippen molar-refractivity contribution in [3.05, 3.63) is 18.3 Å². The van der Waals surface area contributed by atoms with Crippen LogP contribution in [-0.4, -0.2) is 30.6 Å². The average Bonchev–Trinajstić information content (AvgIpc) is 3.12. The summed E-state index contributed by atoms with van der Waals surface area (Å²) in [4.78, 5) is 15.5. The summed E-state index contributed by atoms with van der Waals surface area (Å²) in [5.41, 5.74) is 5.64. The van der Waals surface area contributed by atoms with Crippen LogP contribution in [0.25, 0.3) is 0 Å². The molecule has 6 nitrogen and oxygen atoms in total. The fourth-order valence-corrected chi connectivity index (χ4v) is 2.78. The van der Waals surface area contributed by atoms with Crippen LogP contribution in [-0.2, 0) is 14.6 Å². The van der Waals surface area contributed by atoms with Crippen LogP contribution < -0.4 is 11.1 Å². The quantitative estimate of drug-likeness (QED) is 0.807. The first-order valence-electron chi connectivity index (χ1n) is 5.67. The molecular formula is C11H15N3O3S. The van der Waals surface area contributed by atoms with Gasteiger partial charge < -0.3 is 11.1 Å². The zero-order valence-corrected chi connectivity index (χ0v) is 10.8. The van der Waals surface area contributed by atoms with Gasteiger partial charge in [-0.1, -0.05) is 0 Å². The van der Waals surface area contributed by atoms with Crippen LogP contribution in [0.5, 0.6) is 0 Å². The van der Waals surface area contributed by atoms with Crippen molar-refractivity contribution in [3.8, 4) is 0 Å². The van der Waals surface area contributed by atoms with Crippen molar-refractivity contribution < 1.29 is 13.2 Å². The second-order valence-electron chi connectivity index (χ2n) is 4.37. The topological polar surface area (TPSA) is 102 Å². The van der Waals surface area contributed by atoms with Crippen LogP contribution in [0, 0.1) is 0 Å². The summed E-state index contributed by atoms with van der Waals surface area (Å²) in [5, 5.41) is 1.24. The molecule has 1 heterocycles. The van der Waals surface area contributed by atoms with E-state index in [-0.39, 0.29) is 16.8 Å². The maximum absolute atomic E-state index is 12.2. The van der Waals surface area contributed by atoms with Crippen LogP contribution in [0.2, 0.25) is 0 Å². The molecule has 1 saturated carbocycles. The average molecular weight is 269 g/mol. The number of nitrogen functional groups attached to an aromatic ring is 1. The van der Waals surface area contributed by atoms with Crippen LogP contribution in [0.1, 0.15) is 19.8 Å². The highest BCUT2D eigenvalue weighted by Crippen LogP contribution is 2.22. The standard InChI is InChI=1S/C11H15N3O3S/c1-7(10(15)14-8-4-5-8)18(16,17)11-9(12)3-2-6-13-11/h2-3,6-8H,4-5,12H2,1H3,(H,14,15). The number of hydrogen-bond acceptors (Lipinski definition) is 5. The Morgan fingerprint density at radius 2 is 2.22 bits per heavy atom. The molecule has 7 heteroatoms. The Balaban J connectivity index is 2.24. The summed E-state index contributed by atoms with van der Waals surface area (Å²) in [6.45, 7) is 1.35. The zero-order chi connectivity index (χ0) is 13.3. The highest BCUT2D eigenvalue weighted by Gasteiger charge is 2.35. The number of sulfone groups is 1. The lowest BCUT2D eigenvalue weighted by atomic mass is 10.4. The van der Waals surface area contributed by atoms with E-state index in [1.165, 1.54) is 19.2 Å². The molecular weight excluding hydrogens is 254 g/mol. The van der Waals surface area contributed by atoms with Crippen molar-refractivity contribution in [2.24, 2.45) is 0 Å². The van der Waals surface area contributed by atoms with Crippen molar-refractivity contribution >= 4 is 21.4 Å². The number of rotatable bonds is 4. The van der Waals surface area contributed by atoms with E-state index in [1.807, 2.05) is 0 Å². The number of nitrogens with two attached hydrogens (primary N) is 1. The maximum atomic E-state index is 12.2. The molecule has 1 atom stereocenters. The molecule has 0 saturated heterocycles. The van der Waals surface area contributed by atoms with E-state index in [4.69, 9.17) is 5.73 Å². The number of amides is 1. The first-order valence-corrected chi connectivity index (χ1v) is 7.22. The van der Waals surface area contributed by atoms with Crippen molar-refractivity contribution in [2.45, 2.75) is 36.1 Å². The number of pyridine rings is 1. The summed E-state index contributed by atoms with van der Waals surface area (Å²) < 4.78 is 24.4. The zero-order valence-electron chi connectivity index (χ0n) is 9.96. The van der Waals surface area contributed by atoms with Gasteiger partial charge in [0, 0.05) is 12.2 Å². The van der Waals surface area contributed by atoms with E-state index >= 15 is 0 Å². The molecule has 1 aromatic heterocycles. The molecule has 0 aromatic carbocycles. The van der Waals surface area contributed by atoms with E-state index in [2.05, 4.69) is 10.3 Å². The van der Waals surface area contributed by atoms with Crippen molar-refractivity contribution in [2.75, 3.05) is 5.73 Å². The third-order valence-corrected chi connectivity index (χ3v) is 4.85. The van der Waals surface area contributed by atoms with Gasteiger partial charge >= 0.3 is 0 Å². The molecule has 1 aliphatic rings. The van der Waals surface area contributed by atoms with Crippen LogP contribution >= 0.6 is 0 Å². The first kappa shape index (κ1) is 12.8. The van der Waals surface area contributed by atoms with Gasteiger partial charge in [0.25, 0.3) is 0 Å². The van der Waals surface area contributed by atoms with E-state index in [1.54, 1.807) is 6.07 Å². The molecule has 1 unspecified atom stereocenters. The summed E-state index contributed by atoms with van der Waals surface area (Å²) in [5.74, 6) is -0.498. The lowest BCUT2D eigenvalue weighted by Crippen LogP contribution is -2.39. The van der Waals surface area contributed by atoms with Gasteiger partial charge in [-0.05, 0) is 31.9 Å². The molecule has 1 aliphatic carbocycles. The SMILES string of the molecule is CC(C(=O)NC1CC1)S(=O)(=O)c1ncccc1N. The van der Waals surface area contributed by atoms with Crippen LogP contribution in [0.15, 0.2) is 23.4 Å². The number of nitrogens with one attached hydrogen (secondary N) is 1. The van der Waals surface area contributed by atoms with E-state index in [0.29, 0.717) is 0 Å². The second kappa shape index (κ2) is 4.56. The predicted octanol–water partition coefficient (Wildman–Crippen LogP) is 0.105. The van der Waals surface area contributed by atoms with Gasteiger partial charge in [0.2, 0.25) is 15.7 Å². The van der Waals surface area contributed by atoms with Crippen molar-refractivity contribution in [1.29, 1.82) is 0 Å². The van der Waals surface area contributed by atoms with Gasteiger partial charge in [-0.2, -0.15) is 0 Å². The van der Waals surface area contributed by atoms with Crippen molar-refractivity contribution in [3.63, 3.8) is 0 Å². The monoisotopic (exact) mass is 269 g/mol. The summed E-state index contributed by atoms with van der Waals surface area (Å²) in [7, 11) is -3.83. The smallest absolute Gasteiger partial charge is 0.238 e. The summed E-state index contributed by atoms with van der Waals surface area (Å²) in [6, 6.07) is 3.12. The highest BCUT2D eigenvalue weighted by atomic mass is 32.2. The van der Waals surface area contributed by atoms with Crippen LogP contribution in [0.4, 0.5) is 5.69 Å². The van der Waals surface area contributed by atoms with Gasteiger partial charge in [0.1, 0.15) is 5.25 Å². The lowest BCUT2D eigenvalue weighted by Gasteiger charge is -2.13. The number of anilines is 1. The predicted molar refractivity (Wildman–Crippen MR) is 66.5 cm³/mol. The molecule has 0 bridgehead atoms. The Bertz CT molecular complexity index is 567. The fraction of sp³-hybridized carbons (Fsp3) is 0.455. The maximum Gasteiger partial charge on any atom is 0.238 e. The molecule has 0 radical (unpaired) electrons. The van der Waals surface area contributed by atoms with E-state index < -0.39 is 21.0 Å². The summed E-state index contributed by atoms with van der Waals surface area (Å²) in [6.07, 6.45) is 3.16. The normalized spacial score (nSPS) is 17.2. The van der Waals surface area contributed by atoms with Gasteiger partial charge in [-0.15, -0.1) is 0 Å². The lowest BCUT2D eigenvalue weighted by molar-refractivity contribution is -0.120. The van der Waals surface area contributed by atoms with E-state index in [9.17, 15) is 13.2 Å². The van der Waals surface area contributed by atoms with Gasteiger partial charge in [-0.3, -0.25) is 4.79 Å². The third-order valence-electron chi connectivity index (χ3n) is 2.83. The molecule has 0 aliphatic heterocycles. The number of carbonyl (C=O) groups excluding carboxylic acids is 1. The number of carbonyl (C=O) groups is 1. The van der Waals surface area contributed by atoms with E-state index in [0.717, 1.165) is 12.8 Å². The Morgan fingerprint density at radius 3 is 2.78 bits per heavy atom. The number of nitrogens with zero attached hydrogens (tertiary/aromatic N) is 1. The number of hydrogen-bond donors (Lipinski definition) is 2. The molecule has 2 rings (SSSR count). The Morgan fingerprint density at radius 1 is 1.56 bits per heavy atom. The minimum absolute atomic E-state index is 0.0589. The minimum Gasteiger partial charge on any atom is -0.396 e. The summed E-state index contributed by atoms with van der Waals surface area (Å²) >= 11 is 0. The molecule has 0 spiro atoms. The fourth-order valence-electron chi connectivity index (χ4n) is 1.50. The van der Waals surface area contributed by atoms with Crippen LogP contribution in [0.3, 0.4) is 0 Å². The molecule has 1 aromatic rings. The molecule has 18 heavy (non-hydrogen) atoms. The Labute approximate surface area is 106 Å². The minimum atomic E-state index is -3.83. The third kappa shape index (κ3) is 2.45. The highest BCUT2D eigenvalue weighted by molar-refractivity contribution is 7.92. The molecule has 1 amide bonds. The van der Waals surface area contributed by atoms with Gasteiger partial charge in [0.15, 0.2) is 5.03 Å². The largest absolute Gasteiger partial charge is 0.396 e. The molecule has 98 valence electrons. The van der Waals surface area contributed by atoms with Crippen molar-refractivity contribution in [1.82, 2.24) is 10.3 Å². The molecule has 3 N–H and O–H groups in total. The van der Waals surface area contributed by atoms with Gasteiger partial charge in [-0.25, -0.2) is 13.4 Å². The number of aromatic nitrogens is 1. The Kier molecular flexibility index (Phi) is 3.25. The Hall–Kier alpha value is -1.63. The van der Waals surface area contributed by atoms with Gasteiger partial charge in [0.05, 0.1) is 5.69 Å².